The molecule has 140 valence electrons. The summed E-state index contributed by atoms with van der Waals surface area (Å²) in [5, 5.41) is 4.83. The van der Waals surface area contributed by atoms with E-state index in [2.05, 4.69) is 63.4 Å². The van der Waals surface area contributed by atoms with E-state index in [1.807, 2.05) is 19.2 Å². The van der Waals surface area contributed by atoms with E-state index in [0.717, 1.165) is 52.8 Å². The summed E-state index contributed by atoms with van der Waals surface area (Å²) in [6.07, 6.45) is 4.28. The molecule has 0 radical (unpaired) electrons. The molecule has 0 atom stereocenters. The monoisotopic (exact) mass is 361 g/mol. The van der Waals surface area contributed by atoms with Gasteiger partial charge in [-0.25, -0.2) is 9.97 Å². The highest BCUT2D eigenvalue weighted by molar-refractivity contribution is 5.94. The zero-order chi connectivity index (χ0) is 18.8. The summed E-state index contributed by atoms with van der Waals surface area (Å²) in [6, 6.07) is 10.9. The van der Waals surface area contributed by atoms with Crippen LogP contribution >= 0.6 is 0 Å². The van der Waals surface area contributed by atoms with Gasteiger partial charge in [-0.15, -0.1) is 0 Å². The number of rotatable bonds is 7. The lowest BCUT2D eigenvalue weighted by Gasteiger charge is -2.13. The number of imidazole rings is 1. The van der Waals surface area contributed by atoms with Crippen LogP contribution in [0.15, 0.2) is 36.5 Å². The third kappa shape index (κ3) is 3.60. The van der Waals surface area contributed by atoms with Crippen molar-refractivity contribution in [2.75, 3.05) is 6.54 Å². The normalized spacial score (nSPS) is 11.9. The van der Waals surface area contributed by atoms with Crippen molar-refractivity contribution in [2.24, 2.45) is 5.92 Å². The van der Waals surface area contributed by atoms with E-state index in [0.29, 0.717) is 0 Å². The second-order valence-corrected chi connectivity index (χ2v) is 7.30. The van der Waals surface area contributed by atoms with Crippen molar-refractivity contribution in [1.29, 1.82) is 0 Å². The molecule has 0 amide bonds. The molecule has 3 N–H and O–H groups in total. The Hall–Kier alpha value is -2.66. The maximum atomic E-state index is 4.44. The molecule has 5 heteroatoms. The van der Waals surface area contributed by atoms with Gasteiger partial charge >= 0.3 is 0 Å². The molecule has 4 aromatic rings. The first-order chi connectivity index (χ1) is 13.2. The summed E-state index contributed by atoms with van der Waals surface area (Å²) in [7, 11) is 0. The standard InChI is InChI=1S/C22H27N5/c1-4-15(5-2)12-23-13-16-6-7-19-17(10-16)11-20(27-19)18-8-9-24-22-21(18)25-14(3)26-22/h6-11,15,23,27H,4-5,12-13H2,1-3H3,(H,24,25,26). The van der Waals surface area contributed by atoms with Gasteiger partial charge in [-0.2, -0.15) is 0 Å². The maximum absolute atomic E-state index is 4.44. The van der Waals surface area contributed by atoms with E-state index in [-0.39, 0.29) is 0 Å². The Labute approximate surface area is 159 Å². The second kappa shape index (κ2) is 7.53. The highest BCUT2D eigenvalue weighted by Gasteiger charge is 2.11. The smallest absolute Gasteiger partial charge is 0.178 e. The summed E-state index contributed by atoms with van der Waals surface area (Å²) < 4.78 is 0. The molecule has 0 aliphatic carbocycles. The molecular formula is C22H27N5. The first-order valence-electron chi connectivity index (χ1n) is 9.82. The SMILES string of the molecule is CCC(CC)CNCc1ccc2[nH]c(-c3ccnc4nc(C)[nH]c34)cc2c1. The molecule has 0 aliphatic rings. The van der Waals surface area contributed by atoms with Crippen molar-refractivity contribution in [3.8, 4) is 11.3 Å². The van der Waals surface area contributed by atoms with Crippen LogP contribution in [0.4, 0.5) is 0 Å². The van der Waals surface area contributed by atoms with Gasteiger partial charge in [0.25, 0.3) is 0 Å². The third-order valence-electron chi connectivity index (χ3n) is 5.40. The molecule has 0 unspecified atom stereocenters. The number of fused-ring (bicyclic) bond motifs is 2. The van der Waals surface area contributed by atoms with Crippen LogP contribution in [0.1, 0.15) is 38.1 Å². The number of nitrogens with zero attached hydrogens (tertiary/aromatic N) is 2. The average Bonchev–Trinajstić information content (AvgIpc) is 3.26. The van der Waals surface area contributed by atoms with E-state index < -0.39 is 0 Å². The molecule has 0 bridgehead atoms. The Kier molecular flexibility index (Phi) is 4.94. The number of H-pyrrole nitrogens is 2. The van der Waals surface area contributed by atoms with Crippen LogP contribution in [0.25, 0.3) is 33.3 Å². The van der Waals surface area contributed by atoms with Crippen molar-refractivity contribution >= 4 is 22.1 Å². The summed E-state index contributed by atoms with van der Waals surface area (Å²) in [5.41, 5.74) is 6.39. The summed E-state index contributed by atoms with van der Waals surface area (Å²) >= 11 is 0. The predicted molar refractivity (Wildman–Crippen MR) is 112 cm³/mol. The van der Waals surface area contributed by atoms with Gasteiger partial charge in [-0.05, 0) is 49.2 Å². The van der Waals surface area contributed by atoms with Gasteiger partial charge in [0.15, 0.2) is 5.65 Å². The zero-order valence-electron chi connectivity index (χ0n) is 16.3. The van der Waals surface area contributed by atoms with E-state index in [1.54, 1.807) is 0 Å². The van der Waals surface area contributed by atoms with E-state index >= 15 is 0 Å². The quantitative estimate of drug-likeness (QED) is 0.437. The van der Waals surface area contributed by atoms with Crippen molar-refractivity contribution in [3.63, 3.8) is 0 Å². The Morgan fingerprint density at radius 3 is 2.74 bits per heavy atom. The molecule has 5 nitrogen and oxygen atoms in total. The number of pyridine rings is 1. The number of aromatic nitrogens is 4. The number of benzene rings is 1. The highest BCUT2D eigenvalue weighted by atomic mass is 15.0. The topological polar surface area (TPSA) is 69.4 Å². The molecule has 1 aromatic carbocycles. The zero-order valence-corrected chi connectivity index (χ0v) is 16.3. The molecule has 0 saturated heterocycles. The van der Waals surface area contributed by atoms with Crippen LogP contribution < -0.4 is 5.32 Å². The van der Waals surface area contributed by atoms with Gasteiger partial charge < -0.3 is 15.3 Å². The minimum Gasteiger partial charge on any atom is -0.354 e. The van der Waals surface area contributed by atoms with Gasteiger partial charge in [0.2, 0.25) is 0 Å². The number of hydrogen-bond donors (Lipinski definition) is 3. The summed E-state index contributed by atoms with van der Waals surface area (Å²) in [4.78, 5) is 15.7. The van der Waals surface area contributed by atoms with Gasteiger partial charge in [-0.1, -0.05) is 32.8 Å². The molecular weight excluding hydrogens is 334 g/mol. The number of aromatic amines is 2. The van der Waals surface area contributed by atoms with Crippen molar-refractivity contribution in [2.45, 2.75) is 40.2 Å². The fourth-order valence-electron chi connectivity index (χ4n) is 3.69. The van der Waals surface area contributed by atoms with Crippen molar-refractivity contribution in [3.05, 3.63) is 47.9 Å². The molecule has 0 fully saturated rings. The molecule has 0 spiro atoms. The molecule has 3 heterocycles. The van der Waals surface area contributed by atoms with E-state index in [4.69, 9.17) is 0 Å². The molecule has 3 aromatic heterocycles. The van der Waals surface area contributed by atoms with Crippen molar-refractivity contribution in [1.82, 2.24) is 25.3 Å². The predicted octanol–water partition coefficient (Wildman–Crippen LogP) is 4.94. The van der Waals surface area contributed by atoms with E-state index in [1.165, 1.54) is 23.8 Å². The molecule has 0 aliphatic heterocycles. The van der Waals surface area contributed by atoms with Crippen LogP contribution in [0.3, 0.4) is 0 Å². The Morgan fingerprint density at radius 2 is 1.93 bits per heavy atom. The number of aryl methyl sites for hydroxylation is 1. The highest BCUT2D eigenvalue weighted by Crippen LogP contribution is 2.29. The average molecular weight is 361 g/mol. The fourth-order valence-corrected chi connectivity index (χ4v) is 3.69. The molecule has 4 rings (SSSR count). The van der Waals surface area contributed by atoms with Crippen molar-refractivity contribution < 1.29 is 0 Å². The number of nitrogens with one attached hydrogen (secondary N) is 3. The fraction of sp³-hybridized carbons (Fsp3) is 0.364. The lowest BCUT2D eigenvalue weighted by Crippen LogP contribution is -2.21. The van der Waals surface area contributed by atoms with Crippen LogP contribution in [0.5, 0.6) is 0 Å². The second-order valence-electron chi connectivity index (χ2n) is 7.30. The van der Waals surface area contributed by atoms with Crippen LogP contribution in [0, 0.1) is 12.8 Å². The minimum atomic E-state index is 0.759. The van der Waals surface area contributed by atoms with Gasteiger partial charge in [0.1, 0.15) is 5.82 Å². The van der Waals surface area contributed by atoms with Crippen LogP contribution in [0.2, 0.25) is 0 Å². The van der Waals surface area contributed by atoms with Gasteiger partial charge in [0.05, 0.1) is 5.52 Å². The Morgan fingerprint density at radius 1 is 1.07 bits per heavy atom. The molecule has 0 saturated carbocycles. The van der Waals surface area contributed by atoms with Crippen LogP contribution in [-0.2, 0) is 6.54 Å². The first-order valence-corrected chi connectivity index (χ1v) is 9.82. The summed E-state index contributed by atoms with van der Waals surface area (Å²) in [5.74, 6) is 1.64. The lowest BCUT2D eigenvalue weighted by molar-refractivity contribution is 0.449. The number of hydrogen-bond acceptors (Lipinski definition) is 3. The maximum Gasteiger partial charge on any atom is 0.178 e. The Balaban J connectivity index is 1.59. The Bertz CT molecular complexity index is 1060. The first kappa shape index (κ1) is 17.7. The lowest BCUT2D eigenvalue weighted by atomic mass is 10.0. The largest absolute Gasteiger partial charge is 0.354 e. The van der Waals surface area contributed by atoms with E-state index in [9.17, 15) is 0 Å². The summed E-state index contributed by atoms with van der Waals surface area (Å²) in [6.45, 7) is 8.47. The van der Waals surface area contributed by atoms with Gasteiger partial charge in [-0.3, -0.25) is 0 Å². The molecule has 27 heavy (non-hydrogen) atoms. The third-order valence-corrected chi connectivity index (χ3v) is 5.40. The minimum absolute atomic E-state index is 0.759. The van der Waals surface area contributed by atoms with Gasteiger partial charge in [0, 0.05) is 34.9 Å². The van der Waals surface area contributed by atoms with Crippen LogP contribution in [-0.4, -0.2) is 26.5 Å².